The predicted molar refractivity (Wildman–Crippen MR) is 91.1 cm³/mol. The number of nitrogens with zero attached hydrogens (tertiary/aromatic N) is 1. The van der Waals surface area contributed by atoms with Crippen molar-refractivity contribution in [3.63, 3.8) is 0 Å². The Labute approximate surface area is 143 Å². The summed E-state index contributed by atoms with van der Waals surface area (Å²) in [6.45, 7) is 4.27. The van der Waals surface area contributed by atoms with Gasteiger partial charge in [-0.2, -0.15) is 4.31 Å². The average molecular weight is 374 g/mol. The monoisotopic (exact) mass is 374 g/mol. The van der Waals surface area contributed by atoms with Gasteiger partial charge in [-0.15, -0.1) is 0 Å². The SMILES string of the molecule is CCN(CC)S(=O)(=O)c1ccc(C(=O)N[C@H]2CCS(=O)(=O)C2)cc1. The molecule has 1 fully saturated rings. The standard InChI is InChI=1S/C15H22N2O5S2/c1-3-17(4-2)24(21,22)14-7-5-12(6-8-14)15(18)16-13-9-10-23(19,20)11-13/h5-8,13H,3-4,9-11H2,1-2H3,(H,16,18)/t13-/m0/s1. The van der Waals surface area contributed by atoms with Crippen LogP contribution in [0.3, 0.4) is 0 Å². The number of sulfonamides is 1. The van der Waals surface area contributed by atoms with Gasteiger partial charge in [0.25, 0.3) is 5.91 Å². The van der Waals surface area contributed by atoms with Crippen LogP contribution in [-0.2, 0) is 19.9 Å². The molecule has 1 saturated heterocycles. The lowest BCUT2D eigenvalue weighted by atomic mass is 10.2. The van der Waals surface area contributed by atoms with Crippen molar-refractivity contribution in [2.45, 2.75) is 31.2 Å². The van der Waals surface area contributed by atoms with Gasteiger partial charge in [0.05, 0.1) is 16.4 Å². The van der Waals surface area contributed by atoms with Gasteiger partial charge in [-0.05, 0) is 30.7 Å². The minimum atomic E-state index is -3.56. The van der Waals surface area contributed by atoms with E-state index in [2.05, 4.69) is 5.32 Å². The molecule has 24 heavy (non-hydrogen) atoms. The zero-order valence-corrected chi connectivity index (χ0v) is 15.4. The van der Waals surface area contributed by atoms with E-state index in [4.69, 9.17) is 0 Å². The van der Waals surface area contributed by atoms with Gasteiger partial charge in [-0.3, -0.25) is 4.79 Å². The van der Waals surface area contributed by atoms with E-state index in [1.165, 1.54) is 28.6 Å². The number of nitrogens with one attached hydrogen (secondary N) is 1. The maximum atomic E-state index is 12.4. The fourth-order valence-electron chi connectivity index (χ4n) is 2.67. The molecule has 1 aliphatic heterocycles. The zero-order valence-electron chi connectivity index (χ0n) is 13.7. The van der Waals surface area contributed by atoms with E-state index in [1.807, 2.05) is 0 Å². The zero-order chi connectivity index (χ0) is 18.0. The Morgan fingerprint density at radius 3 is 2.25 bits per heavy atom. The molecule has 2 rings (SSSR count). The topological polar surface area (TPSA) is 101 Å². The first-order valence-electron chi connectivity index (χ1n) is 7.81. The highest BCUT2D eigenvalue weighted by atomic mass is 32.2. The molecule has 1 amide bonds. The van der Waals surface area contributed by atoms with Crippen molar-refractivity contribution in [1.29, 1.82) is 0 Å². The summed E-state index contributed by atoms with van der Waals surface area (Å²) in [6.07, 6.45) is 0.405. The first kappa shape index (κ1) is 18.9. The van der Waals surface area contributed by atoms with E-state index in [0.717, 1.165) is 0 Å². The Balaban J connectivity index is 2.10. The van der Waals surface area contributed by atoms with Crippen LogP contribution in [0.25, 0.3) is 0 Å². The van der Waals surface area contributed by atoms with Crippen LogP contribution in [0.2, 0.25) is 0 Å². The van der Waals surface area contributed by atoms with Crippen LogP contribution < -0.4 is 5.32 Å². The van der Waals surface area contributed by atoms with Crippen molar-refractivity contribution in [2.24, 2.45) is 0 Å². The van der Waals surface area contributed by atoms with Gasteiger partial charge in [0.2, 0.25) is 10.0 Å². The maximum Gasteiger partial charge on any atom is 0.251 e. The molecule has 1 aliphatic rings. The number of amides is 1. The molecule has 1 N–H and O–H groups in total. The van der Waals surface area contributed by atoms with Crippen molar-refractivity contribution in [3.8, 4) is 0 Å². The van der Waals surface area contributed by atoms with Crippen LogP contribution in [0.15, 0.2) is 29.2 Å². The average Bonchev–Trinajstić information content (AvgIpc) is 2.87. The number of carbonyl (C=O) groups is 1. The van der Waals surface area contributed by atoms with Gasteiger partial charge in [-0.1, -0.05) is 13.8 Å². The van der Waals surface area contributed by atoms with Gasteiger partial charge in [0.1, 0.15) is 0 Å². The molecule has 1 aromatic carbocycles. The number of rotatable bonds is 6. The fraction of sp³-hybridized carbons (Fsp3) is 0.533. The molecular weight excluding hydrogens is 352 g/mol. The number of hydrogen-bond donors (Lipinski definition) is 1. The smallest absolute Gasteiger partial charge is 0.251 e. The van der Waals surface area contributed by atoms with E-state index < -0.39 is 25.8 Å². The highest BCUT2D eigenvalue weighted by Gasteiger charge is 2.29. The molecule has 0 bridgehead atoms. The van der Waals surface area contributed by atoms with E-state index >= 15 is 0 Å². The van der Waals surface area contributed by atoms with E-state index in [9.17, 15) is 21.6 Å². The first-order valence-corrected chi connectivity index (χ1v) is 11.1. The molecule has 1 atom stereocenters. The summed E-state index contributed by atoms with van der Waals surface area (Å²) in [7, 11) is -6.62. The number of carbonyl (C=O) groups excluding carboxylic acids is 1. The van der Waals surface area contributed by atoms with Gasteiger partial charge < -0.3 is 5.32 Å². The molecule has 0 aromatic heterocycles. The Morgan fingerprint density at radius 1 is 1.21 bits per heavy atom. The summed E-state index contributed by atoms with van der Waals surface area (Å²) >= 11 is 0. The minimum absolute atomic E-state index is 0.0484. The van der Waals surface area contributed by atoms with Gasteiger partial charge in [0.15, 0.2) is 9.84 Å². The second-order valence-corrected chi connectivity index (χ2v) is 9.85. The largest absolute Gasteiger partial charge is 0.348 e. The molecule has 134 valence electrons. The Bertz CT molecular complexity index is 797. The maximum absolute atomic E-state index is 12.4. The minimum Gasteiger partial charge on any atom is -0.348 e. The lowest BCUT2D eigenvalue weighted by Gasteiger charge is -2.18. The molecule has 0 unspecified atom stereocenters. The van der Waals surface area contributed by atoms with Crippen LogP contribution >= 0.6 is 0 Å². The van der Waals surface area contributed by atoms with Crippen molar-refractivity contribution < 1.29 is 21.6 Å². The number of hydrogen-bond acceptors (Lipinski definition) is 5. The van der Waals surface area contributed by atoms with E-state index in [-0.39, 0.29) is 22.4 Å². The third kappa shape index (κ3) is 4.14. The van der Waals surface area contributed by atoms with Crippen LogP contribution in [0.5, 0.6) is 0 Å². The molecule has 0 saturated carbocycles. The van der Waals surface area contributed by atoms with Crippen molar-refractivity contribution in [2.75, 3.05) is 24.6 Å². The highest BCUT2D eigenvalue weighted by molar-refractivity contribution is 7.91. The quantitative estimate of drug-likeness (QED) is 0.787. The Kier molecular flexibility index (Phi) is 5.67. The van der Waals surface area contributed by atoms with Crippen molar-refractivity contribution >= 4 is 25.8 Å². The lowest BCUT2D eigenvalue weighted by Crippen LogP contribution is -2.35. The predicted octanol–water partition coefficient (Wildman–Crippen LogP) is 0.634. The van der Waals surface area contributed by atoms with Crippen LogP contribution in [0.1, 0.15) is 30.6 Å². The third-order valence-electron chi connectivity index (χ3n) is 4.03. The summed E-state index contributed by atoms with van der Waals surface area (Å²) < 4.78 is 48.9. The van der Waals surface area contributed by atoms with E-state index in [0.29, 0.717) is 25.1 Å². The number of benzene rings is 1. The Morgan fingerprint density at radius 2 is 1.79 bits per heavy atom. The summed E-state index contributed by atoms with van der Waals surface area (Å²) in [5, 5.41) is 2.68. The summed E-state index contributed by atoms with van der Waals surface area (Å²) in [4.78, 5) is 12.3. The summed E-state index contributed by atoms with van der Waals surface area (Å²) in [6, 6.07) is 5.29. The van der Waals surface area contributed by atoms with Crippen molar-refractivity contribution in [1.82, 2.24) is 9.62 Å². The second kappa shape index (κ2) is 7.20. The Hall–Kier alpha value is -1.45. The first-order chi connectivity index (χ1) is 11.2. The lowest BCUT2D eigenvalue weighted by molar-refractivity contribution is 0.0941. The summed E-state index contributed by atoms with van der Waals surface area (Å²) in [5.74, 6) is -0.365. The molecule has 9 heteroatoms. The van der Waals surface area contributed by atoms with Crippen molar-refractivity contribution in [3.05, 3.63) is 29.8 Å². The fourth-order valence-corrected chi connectivity index (χ4v) is 5.80. The highest BCUT2D eigenvalue weighted by Crippen LogP contribution is 2.17. The second-order valence-electron chi connectivity index (χ2n) is 5.69. The normalized spacial score (nSPS) is 20.2. The third-order valence-corrected chi connectivity index (χ3v) is 7.86. The van der Waals surface area contributed by atoms with E-state index in [1.54, 1.807) is 13.8 Å². The molecule has 1 heterocycles. The van der Waals surface area contributed by atoms with Crippen LogP contribution in [-0.4, -0.2) is 57.7 Å². The van der Waals surface area contributed by atoms with Gasteiger partial charge >= 0.3 is 0 Å². The molecule has 7 nitrogen and oxygen atoms in total. The molecule has 0 aliphatic carbocycles. The molecular formula is C15H22N2O5S2. The molecule has 0 radical (unpaired) electrons. The van der Waals surface area contributed by atoms with Gasteiger partial charge in [-0.25, -0.2) is 16.8 Å². The number of sulfone groups is 1. The van der Waals surface area contributed by atoms with Gasteiger partial charge in [0, 0.05) is 24.7 Å². The summed E-state index contributed by atoms with van der Waals surface area (Å²) in [5.41, 5.74) is 0.304. The van der Waals surface area contributed by atoms with Crippen LogP contribution in [0.4, 0.5) is 0 Å². The van der Waals surface area contributed by atoms with Crippen LogP contribution in [0, 0.1) is 0 Å². The molecule has 1 aromatic rings. The molecule has 0 spiro atoms.